The quantitative estimate of drug-likeness (QED) is 0.154. The standard InChI is InChI=1S/C73H74BN3/c1-69(2,3)48-34-32-47(33-35-48)57-42-49(70(4,5)6)36-40-61(57)76-64-46-54(75(52-24-17-15-18-25-52)53-26-19-16-20-27-53)38-39-59(64)74-60-43-50(71(7,8)9)37-41-62(60)77(66-45-51(72(10,11)12)44-65(76)68(66)74)63-31-23-29-56-55-28-21-22-30-58(55)73(13,14)67(56)63/h15-46H,1-14H3. The Balaban J connectivity index is 1.22. The molecule has 0 atom stereocenters. The van der Waals surface area contributed by atoms with Crippen molar-refractivity contribution >= 4 is 74.3 Å². The molecule has 0 amide bonds. The summed E-state index contributed by atoms with van der Waals surface area (Å²) in [5.41, 5.74) is 27.1. The summed E-state index contributed by atoms with van der Waals surface area (Å²) < 4.78 is 0. The molecule has 2 aliphatic heterocycles. The predicted octanol–water partition coefficient (Wildman–Crippen LogP) is 18.4. The highest BCUT2D eigenvalue weighted by Crippen LogP contribution is 2.56. The molecule has 9 aromatic rings. The topological polar surface area (TPSA) is 9.72 Å². The van der Waals surface area contributed by atoms with Crippen molar-refractivity contribution in [1.29, 1.82) is 0 Å². The first-order valence-electron chi connectivity index (χ1n) is 28.0. The largest absolute Gasteiger partial charge is 0.311 e. The van der Waals surface area contributed by atoms with E-state index < -0.39 is 0 Å². The molecule has 9 aromatic carbocycles. The van der Waals surface area contributed by atoms with E-state index >= 15 is 0 Å². The van der Waals surface area contributed by atoms with Crippen molar-refractivity contribution in [2.75, 3.05) is 14.7 Å². The van der Waals surface area contributed by atoms with Crippen LogP contribution in [0.2, 0.25) is 0 Å². The molecule has 0 fully saturated rings. The smallest absolute Gasteiger partial charge is 0.252 e. The number of hydrogen-bond donors (Lipinski definition) is 0. The maximum Gasteiger partial charge on any atom is 0.252 e. The average Bonchev–Trinajstić information content (AvgIpc) is 3.74. The minimum Gasteiger partial charge on any atom is -0.311 e. The van der Waals surface area contributed by atoms with Crippen LogP contribution in [-0.2, 0) is 27.1 Å². The van der Waals surface area contributed by atoms with E-state index in [1.807, 2.05) is 0 Å². The fourth-order valence-electron chi connectivity index (χ4n) is 12.7. The van der Waals surface area contributed by atoms with Gasteiger partial charge in [0.15, 0.2) is 0 Å². The van der Waals surface area contributed by atoms with E-state index in [4.69, 9.17) is 0 Å². The lowest BCUT2D eigenvalue weighted by Crippen LogP contribution is -2.61. The minimum absolute atomic E-state index is 0.0214. The van der Waals surface area contributed by atoms with Gasteiger partial charge in [0, 0.05) is 50.8 Å². The highest BCUT2D eigenvalue weighted by atomic mass is 15.2. The Labute approximate surface area is 460 Å². The third-order valence-electron chi connectivity index (χ3n) is 17.0. The number of hydrogen-bond acceptors (Lipinski definition) is 3. The number of nitrogens with zero attached hydrogens (tertiary/aromatic N) is 3. The fraction of sp³-hybridized carbons (Fsp3) is 0.260. The third kappa shape index (κ3) is 8.33. The van der Waals surface area contributed by atoms with Crippen molar-refractivity contribution in [3.63, 3.8) is 0 Å². The molecule has 0 saturated carbocycles. The number of anilines is 9. The van der Waals surface area contributed by atoms with Crippen molar-refractivity contribution < 1.29 is 0 Å². The SMILES string of the molecule is CC(C)(C)c1ccc(-c2cc(C(C)(C)C)ccc2N2c3cc(N(c4ccccc4)c4ccccc4)ccc3B3c4cc(C(C)(C)C)ccc4N(c4cccc5c4C(C)(C)c4ccccc4-5)c4cc(C(C)(C)C)cc2c43)cc1. The van der Waals surface area contributed by atoms with Gasteiger partial charge in [-0.2, -0.15) is 0 Å². The van der Waals surface area contributed by atoms with Crippen LogP contribution in [0.4, 0.5) is 51.2 Å². The van der Waals surface area contributed by atoms with Gasteiger partial charge in [0.1, 0.15) is 0 Å². The number of para-hydroxylation sites is 2. The molecule has 0 bridgehead atoms. The zero-order valence-corrected chi connectivity index (χ0v) is 47.9. The number of benzene rings is 9. The molecule has 384 valence electrons. The van der Waals surface area contributed by atoms with Crippen LogP contribution in [0.3, 0.4) is 0 Å². The molecule has 0 saturated heterocycles. The van der Waals surface area contributed by atoms with Gasteiger partial charge in [0.2, 0.25) is 0 Å². The lowest BCUT2D eigenvalue weighted by Gasteiger charge is -2.46. The maximum absolute atomic E-state index is 2.68. The Morgan fingerprint density at radius 1 is 0.351 bits per heavy atom. The Hall–Kier alpha value is -7.56. The first-order chi connectivity index (χ1) is 36.5. The summed E-state index contributed by atoms with van der Waals surface area (Å²) in [6.45, 7) is 32.9. The highest BCUT2D eigenvalue weighted by molar-refractivity contribution is 7.00. The van der Waals surface area contributed by atoms with Gasteiger partial charge in [-0.05, 0) is 161 Å². The Bertz CT molecular complexity index is 3720. The van der Waals surface area contributed by atoms with Gasteiger partial charge in [-0.15, -0.1) is 0 Å². The summed E-state index contributed by atoms with van der Waals surface area (Å²) >= 11 is 0. The lowest BCUT2D eigenvalue weighted by molar-refractivity contribution is 0.589. The molecular formula is C73H74BN3. The van der Waals surface area contributed by atoms with E-state index in [2.05, 4.69) is 306 Å². The molecule has 3 aliphatic rings. The van der Waals surface area contributed by atoms with E-state index in [1.54, 1.807) is 0 Å². The van der Waals surface area contributed by atoms with E-state index in [1.165, 1.54) is 100 Å². The van der Waals surface area contributed by atoms with Gasteiger partial charge < -0.3 is 14.7 Å². The zero-order valence-electron chi connectivity index (χ0n) is 47.9. The van der Waals surface area contributed by atoms with Gasteiger partial charge in [-0.25, -0.2) is 0 Å². The molecule has 2 heterocycles. The summed E-state index contributed by atoms with van der Waals surface area (Å²) in [6.07, 6.45) is 0. The first-order valence-corrected chi connectivity index (χ1v) is 28.0. The first kappa shape index (κ1) is 50.3. The molecular weight excluding hydrogens is 930 g/mol. The van der Waals surface area contributed by atoms with Gasteiger partial charge in [-0.3, -0.25) is 0 Å². The second-order valence-corrected chi connectivity index (χ2v) is 26.7. The Morgan fingerprint density at radius 3 is 1.47 bits per heavy atom. The zero-order chi connectivity index (χ0) is 54.1. The van der Waals surface area contributed by atoms with Crippen molar-refractivity contribution in [3.8, 4) is 22.3 Å². The normalized spacial score (nSPS) is 14.4. The van der Waals surface area contributed by atoms with Crippen LogP contribution in [-0.4, -0.2) is 6.71 Å². The molecule has 77 heavy (non-hydrogen) atoms. The molecule has 3 nitrogen and oxygen atoms in total. The van der Waals surface area contributed by atoms with Crippen LogP contribution in [0.25, 0.3) is 22.3 Å². The monoisotopic (exact) mass is 1000 g/mol. The van der Waals surface area contributed by atoms with Gasteiger partial charge in [0.25, 0.3) is 6.71 Å². The van der Waals surface area contributed by atoms with E-state index in [-0.39, 0.29) is 33.8 Å². The van der Waals surface area contributed by atoms with E-state index in [9.17, 15) is 0 Å². The Morgan fingerprint density at radius 2 is 0.870 bits per heavy atom. The molecule has 0 unspecified atom stereocenters. The highest BCUT2D eigenvalue weighted by Gasteiger charge is 2.47. The summed E-state index contributed by atoms with van der Waals surface area (Å²) in [6, 6.07) is 74.5. The lowest BCUT2D eigenvalue weighted by atomic mass is 9.33. The molecule has 12 rings (SSSR count). The van der Waals surface area contributed by atoms with Crippen LogP contribution in [0.1, 0.15) is 130 Å². The van der Waals surface area contributed by atoms with E-state index in [0.29, 0.717) is 0 Å². The molecule has 4 heteroatoms. The van der Waals surface area contributed by atoms with Crippen LogP contribution >= 0.6 is 0 Å². The number of rotatable bonds is 6. The summed E-state index contributed by atoms with van der Waals surface area (Å²) in [5, 5.41) is 0. The molecule has 0 N–H and O–H groups in total. The molecule has 0 aromatic heterocycles. The van der Waals surface area contributed by atoms with Crippen LogP contribution in [0.15, 0.2) is 194 Å². The second kappa shape index (κ2) is 17.7. The van der Waals surface area contributed by atoms with Crippen LogP contribution in [0.5, 0.6) is 0 Å². The fourth-order valence-corrected chi connectivity index (χ4v) is 12.7. The van der Waals surface area contributed by atoms with Crippen LogP contribution in [0, 0.1) is 0 Å². The van der Waals surface area contributed by atoms with Gasteiger partial charge in [-0.1, -0.05) is 218 Å². The molecule has 1 aliphatic carbocycles. The summed E-state index contributed by atoms with van der Waals surface area (Å²) in [4.78, 5) is 7.77. The third-order valence-corrected chi connectivity index (χ3v) is 17.0. The van der Waals surface area contributed by atoms with Gasteiger partial charge in [0.05, 0.1) is 11.4 Å². The van der Waals surface area contributed by atoms with Crippen molar-refractivity contribution in [2.45, 2.75) is 124 Å². The average molecular weight is 1000 g/mol. The Kier molecular flexibility index (Phi) is 11.6. The van der Waals surface area contributed by atoms with Crippen molar-refractivity contribution in [2.24, 2.45) is 0 Å². The predicted molar refractivity (Wildman–Crippen MR) is 333 cm³/mol. The van der Waals surface area contributed by atoms with Crippen LogP contribution < -0.4 is 31.1 Å². The summed E-state index contributed by atoms with van der Waals surface area (Å²) in [5.74, 6) is 0. The second-order valence-electron chi connectivity index (χ2n) is 26.7. The van der Waals surface area contributed by atoms with E-state index in [0.717, 1.165) is 22.7 Å². The van der Waals surface area contributed by atoms with Gasteiger partial charge >= 0.3 is 0 Å². The van der Waals surface area contributed by atoms with Crippen molar-refractivity contribution in [3.05, 3.63) is 228 Å². The number of fused-ring (bicyclic) bond motifs is 7. The molecule has 0 radical (unpaired) electrons. The minimum atomic E-state index is -0.239. The maximum atomic E-state index is 2.68. The summed E-state index contributed by atoms with van der Waals surface area (Å²) in [7, 11) is 0. The van der Waals surface area contributed by atoms with Crippen molar-refractivity contribution in [1.82, 2.24) is 0 Å². The molecule has 0 spiro atoms.